The lowest BCUT2D eigenvalue weighted by Crippen LogP contribution is -2.41. The quantitative estimate of drug-likeness (QED) is 0.272. The number of nitrogens with one attached hydrogen (secondary N) is 2. The van der Waals surface area contributed by atoms with Gasteiger partial charge in [0.25, 0.3) is 5.91 Å². The second-order valence-electron chi connectivity index (χ2n) is 11.0. The van der Waals surface area contributed by atoms with Gasteiger partial charge in [0, 0.05) is 53.4 Å². The molecule has 0 aliphatic carbocycles. The minimum Gasteiger partial charge on any atom is -0.434 e. The highest BCUT2D eigenvalue weighted by atomic mass is 32.2. The molecular formula is C29H32F2N8O3S. The van der Waals surface area contributed by atoms with Crippen molar-refractivity contribution in [2.45, 2.75) is 56.0 Å². The Bertz CT molecular complexity index is 1630. The lowest BCUT2D eigenvalue weighted by atomic mass is 9.94. The summed E-state index contributed by atoms with van der Waals surface area (Å²) in [5.74, 6) is -0.291. The third kappa shape index (κ3) is 6.34. The number of hydrogen-bond acceptors (Lipinski definition) is 8. The van der Waals surface area contributed by atoms with Crippen molar-refractivity contribution in [1.82, 2.24) is 34.6 Å². The molecule has 6 rings (SSSR count). The van der Waals surface area contributed by atoms with E-state index in [1.165, 1.54) is 21.5 Å². The van der Waals surface area contributed by atoms with Crippen LogP contribution in [0.3, 0.4) is 0 Å². The smallest absolute Gasteiger partial charge is 0.387 e. The van der Waals surface area contributed by atoms with Crippen molar-refractivity contribution in [2.75, 3.05) is 25.0 Å². The normalized spacial score (nSPS) is 18.4. The van der Waals surface area contributed by atoms with Gasteiger partial charge >= 0.3 is 6.61 Å². The van der Waals surface area contributed by atoms with Gasteiger partial charge in [0.2, 0.25) is 5.91 Å². The molecule has 0 saturated carbocycles. The number of hydrogen-bond donors (Lipinski definition) is 2. The number of carbonyl (C=O) groups is 2. The number of piperidine rings is 1. The van der Waals surface area contributed by atoms with E-state index >= 15 is 0 Å². The average molecular weight is 611 g/mol. The highest BCUT2D eigenvalue weighted by Gasteiger charge is 2.36. The number of alkyl halides is 2. The van der Waals surface area contributed by atoms with Gasteiger partial charge in [-0.05, 0) is 49.6 Å². The number of fused-ring (bicyclic) bond motifs is 2. The predicted molar refractivity (Wildman–Crippen MR) is 157 cm³/mol. The highest BCUT2D eigenvalue weighted by Crippen LogP contribution is 2.39. The zero-order valence-electron chi connectivity index (χ0n) is 23.7. The summed E-state index contributed by atoms with van der Waals surface area (Å²) in [6, 6.07) is 6.86. The first-order valence-electron chi connectivity index (χ1n) is 14.2. The molecule has 3 aromatic heterocycles. The Morgan fingerprint density at radius 3 is 2.91 bits per heavy atom. The maximum Gasteiger partial charge on any atom is 0.387 e. The molecule has 2 aliphatic rings. The molecular weight excluding hydrogens is 578 g/mol. The fraction of sp³-hybridized carbons (Fsp3) is 0.414. The van der Waals surface area contributed by atoms with Crippen LogP contribution in [0.1, 0.15) is 37.0 Å². The molecule has 2 N–H and O–H groups in total. The molecule has 14 heteroatoms. The van der Waals surface area contributed by atoms with E-state index in [-0.39, 0.29) is 52.0 Å². The van der Waals surface area contributed by atoms with Gasteiger partial charge in [-0.1, -0.05) is 13.8 Å². The maximum absolute atomic E-state index is 13.5. The number of rotatable bonds is 9. The standard InChI is InChI=1S/C29H32F2N8O3S/c1-17(2)43-19-6-7-24(42-29(30)31)20(11-19)26-23(35-28(41)21-12-34-39-10-4-9-33-27(21)39)15-38(36-26)16-25(40)37-13-18-5-3-8-32-22(18)14-37/h4,6-7,9-12,15,17-18,22,29,32H,3,5,8,13-14,16H2,1-2H3,(H,35,41). The van der Waals surface area contributed by atoms with Crippen LogP contribution in [0.15, 0.2) is 53.9 Å². The number of ether oxygens (including phenoxy) is 1. The first kappa shape index (κ1) is 29.1. The van der Waals surface area contributed by atoms with Crippen LogP contribution < -0.4 is 15.4 Å². The molecule has 2 aliphatic heterocycles. The minimum atomic E-state index is -3.07. The summed E-state index contributed by atoms with van der Waals surface area (Å²) >= 11 is 1.55. The van der Waals surface area contributed by atoms with Gasteiger partial charge < -0.3 is 20.3 Å². The van der Waals surface area contributed by atoms with Crippen LogP contribution in [-0.4, -0.2) is 78.6 Å². The maximum atomic E-state index is 13.5. The Labute approximate surface area is 251 Å². The van der Waals surface area contributed by atoms with E-state index in [9.17, 15) is 18.4 Å². The molecule has 2 amide bonds. The summed E-state index contributed by atoms with van der Waals surface area (Å²) < 4.78 is 34.7. The molecule has 1 aromatic carbocycles. The van der Waals surface area contributed by atoms with Crippen LogP contribution >= 0.6 is 11.8 Å². The molecule has 226 valence electrons. The number of nitrogens with zero attached hydrogens (tertiary/aromatic N) is 6. The molecule has 0 radical (unpaired) electrons. The Morgan fingerprint density at radius 2 is 2.12 bits per heavy atom. The molecule has 2 saturated heterocycles. The molecule has 11 nitrogen and oxygen atoms in total. The van der Waals surface area contributed by atoms with Crippen molar-refractivity contribution in [3.63, 3.8) is 0 Å². The first-order chi connectivity index (χ1) is 20.7. The molecule has 2 atom stereocenters. The summed E-state index contributed by atoms with van der Waals surface area (Å²) in [4.78, 5) is 33.7. The third-order valence-electron chi connectivity index (χ3n) is 7.58. The van der Waals surface area contributed by atoms with Crippen molar-refractivity contribution >= 4 is 34.9 Å². The van der Waals surface area contributed by atoms with Gasteiger partial charge in [0.1, 0.15) is 23.6 Å². The number of halogens is 2. The van der Waals surface area contributed by atoms with Gasteiger partial charge in [-0.25, -0.2) is 9.50 Å². The van der Waals surface area contributed by atoms with Crippen molar-refractivity contribution in [3.8, 4) is 17.0 Å². The van der Waals surface area contributed by atoms with Gasteiger partial charge in [0.15, 0.2) is 5.65 Å². The summed E-state index contributed by atoms with van der Waals surface area (Å²) in [6.07, 6.45) is 8.34. The SMILES string of the molecule is CC(C)Sc1ccc(OC(F)F)c(-c2nn(CC(=O)N3CC4CCCNC4C3)cc2NC(=O)c2cnn3cccnc23)c1. The van der Waals surface area contributed by atoms with Gasteiger partial charge in [-0.2, -0.15) is 19.0 Å². The van der Waals surface area contributed by atoms with Crippen LogP contribution in [-0.2, 0) is 11.3 Å². The number of likely N-dealkylation sites (tertiary alicyclic amines) is 1. The Kier molecular flexibility index (Phi) is 8.30. The van der Waals surface area contributed by atoms with Gasteiger partial charge in [-0.15, -0.1) is 11.8 Å². The van der Waals surface area contributed by atoms with E-state index in [1.54, 1.807) is 48.6 Å². The number of benzene rings is 1. The highest BCUT2D eigenvalue weighted by molar-refractivity contribution is 7.99. The summed E-state index contributed by atoms with van der Waals surface area (Å²) in [6.45, 7) is 3.16. The van der Waals surface area contributed by atoms with Crippen molar-refractivity contribution in [1.29, 1.82) is 0 Å². The van der Waals surface area contributed by atoms with Crippen LogP contribution in [0.25, 0.3) is 16.9 Å². The minimum absolute atomic E-state index is 0.0773. The zero-order chi connectivity index (χ0) is 30.1. The van der Waals surface area contributed by atoms with E-state index in [4.69, 9.17) is 4.74 Å². The molecule has 2 fully saturated rings. The van der Waals surface area contributed by atoms with Gasteiger partial charge in [-0.3, -0.25) is 14.3 Å². The van der Waals surface area contributed by atoms with E-state index in [0.717, 1.165) is 24.3 Å². The van der Waals surface area contributed by atoms with Crippen molar-refractivity contribution in [3.05, 3.63) is 54.6 Å². The zero-order valence-corrected chi connectivity index (χ0v) is 24.6. The predicted octanol–water partition coefficient (Wildman–Crippen LogP) is 4.16. The van der Waals surface area contributed by atoms with E-state index in [2.05, 4.69) is 25.8 Å². The molecule has 5 heterocycles. The summed E-state index contributed by atoms with van der Waals surface area (Å²) in [5.41, 5.74) is 1.27. The first-order valence-corrected chi connectivity index (χ1v) is 15.1. The van der Waals surface area contributed by atoms with Crippen LogP contribution in [0.2, 0.25) is 0 Å². The Hall–Kier alpha value is -4.04. The number of amides is 2. The average Bonchev–Trinajstić information content (AvgIpc) is 3.70. The summed E-state index contributed by atoms with van der Waals surface area (Å²) in [5, 5.41) is 15.4. The number of carbonyl (C=O) groups excluding carboxylic acids is 2. The van der Waals surface area contributed by atoms with Gasteiger partial charge in [0.05, 0.1) is 11.9 Å². The lowest BCUT2D eigenvalue weighted by molar-refractivity contribution is -0.131. The van der Waals surface area contributed by atoms with Crippen molar-refractivity contribution < 1.29 is 23.1 Å². The lowest BCUT2D eigenvalue weighted by Gasteiger charge is -2.24. The Balaban J connectivity index is 1.35. The largest absolute Gasteiger partial charge is 0.434 e. The van der Waals surface area contributed by atoms with Crippen LogP contribution in [0, 0.1) is 5.92 Å². The number of anilines is 1. The fourth-order valence-electron chi connectivity index (χ4n) is 5.70. The topological polar surface area (TPSA) is 119 Å². The summed E-state index contributed by atoms with van der Waals surface area (Å²) in [7, 11) is 0. The fourth-order valence-corrected chi connectivity index (χ4v) is 6.57. The number of thioether (sulfide) groups is 1. The molecule has 0 bridgehead atoms. The second-order valence-corrected chi connectivity index (χ2v) is 12.6. The monoisotopic (exact) mass is 610 g/mol. The molecule has 2 unspecified atom stereocenters. The third-order valence-corrected chi connectivity index (χ3v) is 8.57. The van der Waals surface area contributed by atoms with E-state index < -0.39 is 12.5 Å². The molecule has 0 spiro atoms. The van der Waals surface area contributed by atoms with E-state index in [0.29, 0.717) is 24.7 Å². The van der Waals surface area contributed by atoms with E-state index in [1.807, 2.05) is 18.7 Å². The Morgan fingerprint density at radius 1 is 1.26 bits per heavy atom. The molecule has 4 aromatic rings. The van der Waals surface area contributed by atoms with Crippen LogP contribution in [0.4, 0.5) is 14.5 Å². The van der Waals surface area contributed by atoms with Crippen LogP contribution in [0.5, 0.6) is 5.75 Å². The van der Waals surface area contributed by atoms with Crippen molar-refractivity contribution in [2.24, 2.45) is 5.92 Å². The second kappa shape index (κ2) is 12.3. The number of aromatic nitrogens is 5. The molecule has 43 heavy (non-hydrogen) atoms.